The number of nitrogens with zero attached hydrogens (tertiary/aromatic N) is 3. The first-order valence-corrected chi connectivity index (χ1v) is 8.61. The predicted molar refractivity (Wildman–Crippen MR) is 90.4 cm³/mol. The van der Waals surface area contributed by atoms with Crippen molar-refractivity contribution in [2.24, 2.45) is 0 Å². The molecule has 1 aromatic carbocycles. The Morgan fingerprint density at radius 3 is 3.05 bits per heavy atom. The van der Waals surface area contributed by atoms with Crippen LogP contribution in [0.1, 0.15) is 26.2 Å². The Kier molecular flexibility index (Phi) is 6.74. The number of nitrogens with one attached hydrogen (secondary N) is 1. The van der Waals surface area contributed by atoms with E-state index in [4.69, 9.17) is 11.6 Å². The highest BCUT2D eigenvalue weighted by atomic mass is 35.5. The molecule has 2 aromatic rings. The Morgan fingerprint density at radius 2 is 2.27 bits per heavy atom. The van der Waals surface area contributed by atoms with Crippen LogP contribution in [-0.4, -0.2) is 26.4 Å². The number of hydrogen-bond donors (Lipinski definition) is 1. The standard InChI is InChI=1S/C15H19ClN4OS/c1-2-3-4-8-20-11-17-19-15(20)22-10-14(21)18-13-7-5-6-12(16)9-13/h5-7,9,11H,2-4,8,10H2,1H3,(H,18,21). The minimum absolute atomic E-state index is 0.0876. The van der Waals surface area contributed by atoms with Gasteiger partial charge in [0.1, 0.15) is 6.33 Å². The first-order chi connectivity index (χ1) is 10.7. The lowest BCUT2D eigenvalue weighted by atomic mass is 10.2. The smallest absolute Gasteiger partial charge is 0.234 e. The normalized spacial score (nSPS) is 10.6. The minimum atomic E-state index is -0.0876. The first kappa shape index (κ1) is 16.8. The zero-order valence-corrected chi connectivity index (χ0v) is 14.0. The number of hydrogen-bond acceptors (Lipinski definition) is 4. The van der Waals surface area contributed by atoms with E-state index in [-0.39, 0.29) is 5.91 Å². The van der Waals surface area contributed by atoms with Crippen molar-refractivity contribution in [3.05, 3.63) is 35.6 Å². The number of halogens is 1. The number of amides is 1. The highest BCUT2D eigenvalue weighted by Gasteiger charge is 2.09. The summed E-state index contributed by atoms with van der Waals surface area (Å²) >= 11 is 7.28. The monoisotopic (exact) mass is 338 g/mol. The summed E-state index contributed by atoms with van der Waals surface area (Å²) in [5.41, 5.74) is 0.697. The lowest BCUT2D eigenvalue weighted by Gasteiger charge is -2.07. The molecule has 1 N–H and O–H groups in total. The summed E-state index contributed by atoms with van der Waals surface area (Å²) in [6.07, 6.45) is 5.16. The van der Waals surface area contributed by atoms with Gasteiger partial charge in [-0.25, -0.2) is 0 Å². The fraction of sp³-hybridized carbons (Fsp3) is 0.400. The second-order valence-corrected chi connectivity index (χ2v) is 6.24. The second kappa shape index (κ2) is 8.80. The third kappa shape index (κ3) is 5.35. The van der Waals surface area contributed by atoms with Crippen LogP contribution in [0, 0.1) is 0 Å². The summed E-state index contributed by atoms with van der Waals surface area (Å²) in [5, 5.41) is 12.2. The lowest BCUT2D eigenvalue weighted by molar-refractivity contribution is -0.113. The molecule has 0 saturated heterocycles. The van der Waals surface area contributed by atoms with Gasteiger partial charge in [-0.15, -0.1) is 10.2 Å². The SMILES string of the molecule is CCCCCn1cnnc1SCC(=O)Nc1cccc(Cl)c1. The molecule has 0 aliphatic carbocycles. The van der Waals surface area contributed by atoms with E-state index in [0.717, 1.165) is 18.1 Å². The van der Waals surface area contributed by atoms with Gasteiger partial charge in [0.05, 0.1) is 5.75 Å². The number of carbonyl (C=O) groups excluding carboxylic acids is 1. The number of anilines is 1. The first-order valence-electron chi connectivity index (χ1n) is 7.25. The summed E-state index contributed by atoms with van der Waals surface area (Å²) < 4.78 is 1.99. The molecule has 1 amide bonds. The van der Waals surface area contributed by atoms with Crippen LogP contribution in [0.3, 0.4) is 0 Å². The summed E-state index contributed by atoms with van der Waals surface area (Å²) in [5.74, 6) is 0.203. The molecule has 0 aliphatic heterocycles. The van der Waals surface area contributed by atoms with Crippen molar-refractivity contribution in [3.8, 4) is 0 Å². The summed E-state index contributed by atoms with van der Waals surface area (Å²) in [4.78, 5) is 12.0. The van der Waals surface area contributed by atoms with E-state index >= 15 is 0 Å². The quantitative estimate of drug-likeness (QED) is 0.586. The molecular formula is C15H19ClN4OS. The Hall–Kier alpha value is -1.53. The maximum atomic E-state index is 12.0. The van der Waals surface area contributed by atoms with Crippen LogP contribution in [0.2, 0.25) is 5.02 Å². The van der Waals surface area contributed by atoms with E-state index in [1.165, 1.54) is 24.6 Å². The van der Waals surface area contributed by atoms with Crippen molar-refractivity contribution in [3.63, 3.8) is 0 Å². The average molecular weight is 339 g/mol. The third-order valence-electron chi connectivity index (χ3n) is 3.02. The molecule has 5 nitrogen and oxygen atoms in total. The molecule has 1 aromatic heterocycles. The molecule has 0 atom stereocenters. The van der Waals surface area contributed by atoms with Crippen molar-refractivity contribution >= 4 is 35.0 Å². The fourth-order valence-electron chi connectivity index (χ4n) is 1.94. The zero-order chi connectivity index (χ0) is 15.8. The molecule has 0 fully saturated rings. The summed E-state index contributed by atoms with van der Waals surface area (Å²) in [7, 11) is 0. The molecular weight excluding hydrogens is 320 g/mol. The summed E-state index contributed by atoms with van der Waals surface area (Å²) in [6, 6.07) is 7.10. The van der Waals surface area contributed by atoms with Gasteiger partial charge >= 0.3 is 0 Å². The Labute approximate surface area is 139 Å². The van der Waals surface area contributed by atoms with Gasteiger partial charge in [-0.05, 0) is 24.6 Å². The minimum Gasteiger partial charge on any atom is -0.325 e. The predicted octanol–water partition coefficient (Wildman–Crippen LogP) is 3.85. The van der Waals surface area contributed by atoms with Gasteiger partial charge in [-0.1, -0.05) is 49.2 Å². The molecule has 118 valence electrons. The Balaban J connectivity index is 1.82. The van der Waals surface area contributed by atoms with Crippen LogP contribution in [0.25, 0.3) is 0 Å². The number of unbranched alkanes of at least 4 members (excludes halogenated alkanes) is 2. The molecule has 0 bridgehead atoms. The molecule has 22 heavy (non-hydrogen) atoms. The number of rotatable bonds is 8. The number of aryl methyl sites for hydroxylation is 1. The number of aromatic nitrogens is 3. The van der Waals surface area contributed by atoms with Gasteiger partial charge in [-0.2, -0.15) is 0 Å². The maximum absolute atomic E-state index is 12.0. The number of thioether (sulfide) groups is 1. The molecule has 1 heterocycles. The van der Waals surface area contributed by atoms with Gasteiger partial charge < -0.3 is 9.88 Å². The van der Waals surface area contributed by atoms with Crippen LogP contribution in [0.15, 0.2) is 35.7 Å². The van der Waals surface area contributed by atoms with Crippen molar-refractivity contribution in [1.82, 2.24) is 14.8 Å². The van der Waals surface area contributed by atoms with Crippen LogP contribution < -0.4 is 5.32 Å². The van der Waals surface area contributed by atoms with Crippen LogP contribution in [0.5, 0.6) is 0 Å². The Morgan fingerprint density at radius 1 is 1.41 bits per heavy atom. The van der Waals surface area contributed by atoms with Gasteiger partial charge in [0, 0.05) is 17.3 Å². The van der Waals surface area contributed by atoms with Gasteiger partial charge in [0.15, 0.2) is 5.16 Å². The van der Waals surface area contributed by atoms with Gasteiger partial charge in [-0.3, -0.25) is 4.79 Å². The topological polar surface area (TPSA) is 59.8 Å². The van der Waals surface area contributed by atoms with E-state index < -0.39 is 0 Å². The van der Waals surface area contributed by atoms with Crippen LogP contribution >= 0.6 is 23.4 Å². The highest BCUT2D eigenvalue weighted by molar-refractivity contribution is 7.99. The van der Waals surface area contributed by atoms with E-state index in [1.54, 1.807) is 24.5 Å². The average Bonchev–Trinajstić information content (AvgIpc) is 2.93. The van der Waals surface area contributed by atoms with Gasteiger partial charge in [0.25, 0.3) is 0 Å². The van der Waals surface area contributed by atoms with E-state index in [0.29, 0.717) is 16.5 Å². The number of carbonyl (C=O) groups is 1. The Bertz CT molecular complexity index is 617. The van der Waals surface area contributed by atoms with E-state index in [1.807, 2.05) is 10.6 Å². The molecule has 0 spiro atoms. The van der Waals surface area contributed by atoms with Crippen molar-refractivity contribution < 1.29 is 4.79 Å². The second-order valence-electron chi connectivity index (χ2n) is 4.86. The molecule has 0 unspecified atom stereocenters. The molecule has 7 heteroatoms. The van der Waals surface area contributed by atoms with E-state index in [2.05, 4.69) is 22.4 Å². The lowest BCUT2D eigenvalue weighted by Crippen LogP contribution is -2.14. The molecule has 2 rings (SSSR count). The largest absolute Gasteiger partial charge is 0.325 e. The highest BCUT2D eigenvalue weighted by Crippen LogP contribution is 2.18. The van der Waals surface area contributed by atoms with Crippen LogP contribution in [0.4, 0.5) is 5.69 Å². The van der Waals surface area contributed by atoms with Crippen molar-refractivity contribution in [1.29, 1.82) is 0 Å². The fourth-order valence-corrected chi connectivity index (χ4v) is 2.87. The zero-order valence-electron chi connectivity index (χ0n) is 12.5. The molecule has 0 aliphatic rings. The summed E-state index contributed by atoms with van der Waals surface area (Å²) in [6.45, 7) is 3.06. The van der Waals surface area contributed by atoms with Crippen molar-refractivity contribution in [2.75, 3.05) is 11.1 Å². The van der Waals surface area contributed by atoms with Gasteiger partial charge in [0.2, 0.25) is 5.91 Å². The number of benzene rings is 1. The maximum Gasteiger partial charge on any atom is 0.234 e. The molecule has 0 radical (unpaired) electrons. The van der Waals surface area contributed by atoms with E-state index in [9.17, 15) is 4.79 Å². The van der Waals surface area contributed by atoms with Crippen molar-refractivity contribution in [2.45, 2.75) is 37.9 Å². The third-order valence-corrected chi connectivity index (χ3v) is 4.24. The van der Waals surface area contributed by atoms with Crippen LogP contribution in [-0.2, 0) is 11.3 Å². The molecule has 0 saturated carbocycles.